The van der Waals surface area contributed by atoms with Crippen LogP contribution in [0, 0.1) is 39.2 Å². The fourth-order valence-corrected chi connectivity index (χ4v) is 9.73. The average molecular weight is 672 g/mol. The summed E-state index contributed by atoms with van der Waals surface area (Å²) in [6.07, 6.45) is 3.01. The number of benzene rings is 2. The molecule has 0 unspecified atom stereocenters. The molecular formula is C33H50BN5O7S. The van der Waals surface area contributed by atoms with Crippen LogP contribution in [0.5, 0.6) is 0 Å². The molecule has 6 atom stereocenters. The van der Waals surface area contributed by atoms with Gasteiger partial charge in [-0.15, -0.1) is 0 Å². The first-order chi connectivity index (χ1) is 21.6. The number of nitrogens with one attached hydrogen (secondary N) is 2. The molecule has 47 heavy (non-hydrogen) atoms. The molecule has 0 radical (unpaired) electrons. The summed E-state index contributed by atoms with van der Waals surface area (Å²) in [4.78, 5) is 28.8. The van der Waals surface area contributed by atoms with Crippen molar-refractivity contribution in [2.45, 2.75) is 96.7 Å². The topological polar surface area (TPSA) is 175 Å². The Morgan fingerprint density at radius 2 is 1.87 bits per heavy atom. The number of hydrazine groups is 1. The summed E-state index contributed by atoms with van der Waals surface area (Å²) in [5.41, 5.74) is 7.06. The first kappa shape index (κ1) is 36.6. The summed E-state index contributed by atoms with van der Waals surface area (Å²) in [6.45, 7) is 10.9. The van der Waals surface area contributed by atoms with Crippen molar-refractivity contribution in [1.82, 2.24) is 10.7 Å². The summed E-state index contributed by atoms with van der Waals surface area (Å²) in [6, 6.07) is 12.4. The normalized spacial score (nSPS) is 26.1. The minimum Gasteiger partial charge on any atom is -0.404 e. The Hall–Kier alpha value is -3.23. The van der Waals surface area contributed by atoms with Crippen LogP contribution < -0.4 is 16.5 Å². The highest BCUT2D eigenvalue weighted by Crippen LogP contribution is 2.65. The van der Waals surface area contributed by atoms with E-state index in [1.165, 1.54) is 0 Å². The molecule has 1 heterocycles. The highest BCUT2D eigenvalue weighted by molar-refractivity contribution is 7.91. The Bertz CT molecular complexity index is 1600. The maximum Gasteiger partial charge on any atom is 0.481 e. The first-order valence-corrected chi connectivity index (χ1v) is 17.8. The number of fused-ring (bicyclic) bond motifs is 1. The van der Waals surface area contributed by atoms with Crippen molar-refractivity contribution in [1.29, 1.82) is 0 Å². The molecule has 1 amide bonds. The van der Waals surface area contributed by atoms with Gasteiger partial charge in [0, 0.05) is 11.9 Å². The number of carbonyl (C=O) groups excluding carboxylic acids is 1. The van der Waals surface area contributed by atoms with Gasteiger partial charge < -0.3 is 20.4 Å². The highest BCUT2D eigenvalue weighted by atomic mass is 32.2. The lowest BCUT2D eigenvalue weighted by Gasteiger charge is -2.64. The summed E-state index contributed by atoms with van der Waals surface area (Å²) in [5.74, 6) is -1.44. The van der Waals surface area contributed by atoms with Crippen LogP contribution in [0.15, 0.2) is 52.4 Å². The fourth-order valence-electron chi connectivity index (χ4n) is 7.90. The molecule has 12 nitrogen and oxygen atoms in total. The van der Waals surface area contributed by atoms with E-state index in [1.54, 1.807) is 29.7 Å². The van der Waals surface area contributed by atoms with E-state index in [0.29, 0.717) is 23.6 Å². The van der Waals surface area contributed by atoms with E-state index < -0.39 is 51.1 Å². The number of rotatable bonds is 13. The molecule has 3 saturated carbocycles. The summed E-state index contributed by atoms with van der Waals surface area (Å²) < 4.78 is 41.0. The lowest BCUT2D eigenvalue weighted by Crippen LogP contribution is -2.65. The molecule has 0 aromatic heterocycles. The average Bonchev–Trinajstić information content (AvgIpc) is 3.34. The van der Waals surface area contributed by atoms with E-state index in [9.17, 15) is 23.3 Å². The maximum absolute atomic E-state index is 14.1. The van der Waals surface area contributed by atoms with Gasteiger partial charge in [-0.3, -0.25) is 4.79 Å². The molecule has 1 aliphatic heterocycles. The van der Waals surface area contributed by atoms with Gasteiger partial charge in [-0.1, -0.05) is 76.9 Å². The van der Waals surface area contributed by atoms with E-state index in [2.05, 4.69) is 44.9 Å². The monoisotopic (exact) mass is 671 g/mol. The van der Waals surface area contributed by atoms with Crippen LogP contribution in [0.25, 0.3) is 10.8 Å². The molecular weight excluding hydrogens is 621 g/mol. The number of amides is 1. The number of aliphatic imine (C=N–C) groups is 1. The van der Waals surface area contributed by atoms with Crippen LogP contribution in [0.1, 0.15) is 74.1 Å². The summed E-state index contributed by atoms with van der Waals surface area (Å²) >= 11 is 0. The van der Waals surface area contributed by atoms with Gasteiger partial charge in [0.2, 0.25) is 5.91 Å². The molecule has 4 fully saturated rings. The second-order valence-electron chi connectivity index (χ2n) is 14.3. The number of nitrogens with two attached hydrogens (primary N) is 1. The Kier molecular flexibility index (Phi) is 11.0. The van der Waals surface area contributed by atoms with E-state index in [1.807, 2.05) is 18.2 Å². The molecule has 4 N–H and O–H groups in total. The van der Waals surface area contributed by atoms with Crippen molar-refractivity contribution in [3.05, 3.63) is 52.6 Å². The quantitative estimate of drug-likeness (QED) is 0.0690. The van der Waals surface area contributed by atoms with Crippen LogP contribution >= 0.6 is 0 Å². The first-order valence-electron chi connectivity index (χ1n) is 16.2. The van der Waals surface area contributed by atoms with Crippen LogP contribution in [0.3, 0.4) is 0 Å². The highest BCUT2D eigenvalue weighted by Gasteiger charge is 2.68. The molecule has 258 valence electrons. The second-order valence-corrected chi connectivity index (χ2v) is 16.3. The predicted octanol–water partition coefficient (Wildman–Crippen LogP) is 4.54. The zero-order valence-corrected chi connectivity index (χ0v) is 28.1. The minimum atomic E-state index is -3.91. The van der Waals surface area contributed by atoms with E-state index >= 15 is 0 Å². The number of guanidine groups is 1. The van der Waals surface area contributed by atoms with Crippen molar-refractivity contribution in [2.24, 2.45) is 39.8 Å². The van der Waals surface area contributed by atoms with E-state index in [4.69, 9.17) is 15.0 Å². The van der Waals surface area contributed by atoms with Gasteiger partial charge >= 0.3 is 7.12 Å². The van der Waals surface area contributed by atoms with E-state index in [0.717, 1.165) is 18.2 Å². The molecule has 0 spiro atoms. The van der Waals surface area contributed by atoms with Crippen LogP contribution in [0.4, 0.5) is 0 Å². The lowest BCUT2D eigenvalue weighted by atomic mass is 9.43. The zero-order valence-electron chi connectivity index (χ0n) is 27.3. The third-order valence-electron chi connectivity index (χ3n) is 10.4. The summed E-state index contributed by atoms with van der Waals surface area (Å²) in [5, 5.41) is 14.4. The fraction of sp³-hybridized carbons (Fsp3) is 0.636. The Morgan fingerprint density at radius 1 is 1.17 bits per heavy atom. The molecule has 4 aliphatic rings. The number of nitrogens with zero attached hydrogens (tertiary/aromatic N) is 2. The number of sulfone groups is 1. The second kappa shape index (κ2) is 14.1. The van der Waals surface area contributed by atoms with Crippen molar-refractivity contribution in [3.63, 3.8) is 0 Å². The Morgan fingerprint density at radius 3 is 2.55 bits per heavy atom. The molecule has 6 rings (SSSR count). The van der Waals surface area contributed by atoms with Gasteiger partial charge in [0.1, 0.15) is 0 Å². The smallest absolute Gasteiger partial charge is 0.404 e. The third kappa shape index (κ3) is 7.59. The van der Waals surface area contributed by atoms with Crippen LogP contribution in [-0.4, -0.2) is 62.4 Å². The molecule has 2 bridgehead atoms. The van der Waals surface area contributed by atoms with Crippen molar-refractivity contribution in [2.75, 3.05) is 12.3 Å². The number of nitro groups is 1. The Balaban J connectivity index is 0.00000500. The maximum atomic E-state index is 14.1. The van der Waals surface area contributed by atoms with Crippen LogP contribution in [0.2, 0.25) is 0 Å². The minimum absolute atomic E-state index is 0. The zero-order chi connectivity index (χ0) is 33.4. The standard InChI is InChI=1S/C32H46BN5O7S.CH4/c1-20(2)16-28(33-44-27-18-23-17-26(31(23,3)4)32(27,5)45-33)36-29(39)22(12-9-15-35-30(34)37-38(40)41)19-46(42,43)25-14-8-11-21-10-6-7-13-24(21)25;/h6-8,10-11,13-14,20,22-23,26-28H,9,12,15-19H2,1-5H3,(H,36,39)(H3,34,35,37);1H4/t22-,23+,26+,27-,28+,32+;/m1./s1. The third-order valence-corrected chi connectivity index (χ3v) is 12.3. The van der Waals surface area contributed by atoms with Crippen molar-refractivity contribution >= 4 is 39.6 Å². The number of hydrogen-bond acceptors (Lipinski definition) is 8. The predicted molar refractivity (Wildman–Crippen MR) is 184 cm³/mol. The molecule has 14 heteroatoms. The van der Waals surface area contributed by atoms with Crippen molar-refractivity contribution in [3.8, 4) is 0 Å². The van der Waals surface area contributed by atoms with Crippen LogP contribution in [-0.2, 0) is 23.9 Å². The van der Waals surface area contributed by atoms with Gasteiger partial charge in [0.05, 0.1) is 34.2 Å². The molecule has 1 saturated heterocycles. The van der Waals surface area contributed by atoms with Crippen molar-refractivity contribution < 1.29 is 27.6 Å². The molecule has 2 aromatic carbocycles. The lowest BCUT2D eigenvalue weighted by molar-refractivity contribution is -0.525. The number of carbonyl (C=O) groups is 1. The van der Waals surface area contributed by atoms with Gasteiger partial charge in [0.25, 0.3) is 5.96 Å². The molecule has 3 aliphatic carbocycles. The van der Waals surface area contributed by atoms with E-state index in [-0.39, 0.29) is 55.1 Å². The van der Waals surface area contributed by atoms with Gasteiger partial charge in [-0.25, -0.2) is 23.5 Å². The largest absolute Gasteiger partial charge is 0.481 e. The number of hydrogen-bond donors (Lipinski definition) is 3. The summed E-state index contributed by atoms with van der Waals surface area (Å²) in [7, 11) is -4.55. The van der Waals surface area contributed by atoms with Gasteiger partial charge in [-0.05, 0) is 73.6 Å². The SMILES string of the molecule is C.CC(C)C[C@H](NC(=O)[C@H](CCCN=C(N)N[N+](=O)[O-])CS(=O)(=O)c1cccc2ccccc12)B1O[C@@H]2C[C@@H]3C[C@@H](C3(C)C)[C@]2(C)O1. The van der Waals surface area contributed by atoms with Gasteiger partial charge in [-0.2, -0.15) is 0 Å². The Labute approximate surface area is 278 Å². The van der Waals surface area contributed by atoms with Gasteiger partial charge in [0.15, 0.2) is 14.9 Å². The molecule has 2 aromatic rings.